The van der Waals surface area contributed by atoms with Crippen molar-refractivity contribution in [2.24, 2.45) is 0 Å². The number of halogens is 1. The molecule has 0 bridgehead atoms. The molecule has 28 heavy (non-hydrogen) atoms. The van der Waals surface area contributed by atoms with Gasteiger partial charge in [0.25, 0.3) is 11.8 Å². The van der Waals surface area contributed by atoms with Crippen LogP contribution in [0, 0.1) is 0 Å². The monoisotopic (exact) mass is 441 g/mol. The smallest absolute Gasteiger partial charge is 0.335 e. The molecule has 1 aliphatic rings. The number of benzene rings is 2. The molecule has 0 spiro atoms. The largest absolute Gasteiger partial charge is 0.377 e. The summed E-state index contributed by atoms with van der Waals surface area (Å²) in [5, 5.41) is 2.24. The minimum Gasteiger partial charge on any atom is -0.377 e. The second-order valence-electron chi connectivity index (χ2n) is 6.58. The van der Waals surface area contributed by atoms with Gasteiger partial charge in [0.1, 0.15) is 5.57 Å². The predicted molar refractivity (Wildman–Crippen MR) is 113 cm³/mol. The van der Waals surface area contributed by atoms with Gasteiger partial charge in [-0.05, 0) is 63.8 Å². The third-order valence-electron chi connectivity index (χ3n) is 4.47. The maximum atomic E-state index is 12.9. The summed E-state index contributed by atoms with van der Waals surface area (Å²) < 4.78 is 0.832. The molecular weight excluding hydrogens is 422 g/mol. The van der Waals surface area contributed by atoms with Gasteiger partial charge in [-0.15, -0.1) is 0 Å². The van der Waals surface area contributed by atoms with Crippen molar-refractivity contribution in [1.29, 1.82) is 0 Å². The summed E-state index contributed by atoms with van der Waals surface area (Å²) in [7, 11) is 3.84. The third kappa shape index (κ3) is 3.84. The fourth-order valence-electron chi connectivity index (χ4n) is 2.91. The maximum absolute atomic E-state index is 12.9. The number of nitrogens with zero attached hydrogens (tertiary/aromatic N) is 2. The highest BCUT2D eigenvalue weighted by Crippen LogP contribution is 2.28. The minimum absolute atomic E-state index is 0.0938. The number of carbonyl (C=O) groups is 3. The lowest BCUT2D eigenvalue weighted by Crippen LogP contribution is -2.54. The Bertz CT molecular complexity index is 981. The van der Waals surface area contributed by atoms with E-state index >= 15 is 0 Å². The lowest BCUT2D eigenvalue weighted by Gasteiger charge is -2.26. The molecule has 2 aromatic rings. The first kappa shape index (κ1) is 19.8. The topological polar surface area (TPSA) is 69.7 Å². The van der Waals surface area contributed by atoms with Gasteiger partial charge in [0.2, 0.25) is 0 Å². The summed E-state index contributed by atoms with van der Waals surface area (Å²) in [6.45, 7) is 2.02. The van der Waals surface area contributed by atoms with Gasteiger partial charge in [0.05, 0.1) is 11.4 Å². The maximum Gasteiger partial charge on any atom is 0.335 e. The van der Waals surface area contributed by atoms with Crippen LogP contribution in [0.4, 0.5) is 16.2 Å². The average molecular weight is 442 g/mol. The number of barbiturate groups is 1. The van der Waals surface area contributed by atoms with Gasteiger partial charge in [-0.25, -0.2) is 9.69 Å². The first-order chi connectivity index (χ1) is 13.3. The summed E-state index contributed by atoms with van der Waals surface area (Å²) >= 11 is 3.49. The Morgan fingerprint density at radius 3 is 2.32 bits per heavy atom. The van der Waals surface area contributed by atoms with Crippen molar-refractivity contribution in [3.8, 4) is 0 Å². The highest BCUT2D eigenvalue weighted by molar-refractivity contribution is 9.10. The lowest BCUT2D eigenvalue weighted by molar-refractivity contribution is -0.122. The number of nitrogens with one attached hydrogen (secondary N) is 1. The Morgan fingerprint density at radius 1 is 1.07 bits per heavy atom. The van der Waals surface area contributed by atoms with E-state index in [0.717, 1.165) is 27.0 Å². The lowest BCUT2D eigenvalue weighted by atomic mass is 10.1. The first-order valence-corrected chi connectivity index (χ1v) is 9.58. The Balaban J connectivity index is 1.97. The van der Waals surface area contributed by atoms with Crippen LogP contribution >= 0.6 is 15.9 Å². The summed E-state index contributed by atoms with van der Waals surface area (Å²) in [5.74, 6) is -1.35. The number of urea groups is 1. The van der Waals surface area contributed by atoms with Gasteiger partial charge in [0.15, 0.2) is 0 Å². The van der Waals surface area contributed by atoms with E-state index in [-0.39, 0.29) is 5.57 Å². The zero-order chi connectivity index (χ0) is 20.4. The molecule has 1 N–H and O–H groups in total. The number of hydrogen-bond acceptors (Lipinski definition) is 4. The normalized spacial score (nSPS) is 15.8. The van der Waals surface area contributed by atoms with Crippen molar-refractivity contribution in [3.63, 3.8) is 0 Å². The minimum atomic E-state index is -0.750. The SMILES string of the molecule is CCc1ccc(N2C(=O)NC(=O)/C(=C/c3ccc(N(C)C)c(Br)c3)C2=O)cc1. The van der Waals surface area contributed by atoms with Crippen molar-refractivity contribution in [2.45, 2.75) is 13.3 Å². The van der Waals surface area contributed by atoms with Crippen LogP contribution in [0.2, 0.25) is 0 Å². The standard InChI is InChI=1S/C21H20BrN3O3/c1-4-13-5-8-15(9-6-13)25-20(27)16(19(26)23-21(25)28)11-14-7-10-18(24(2)3)17(22)12-14/h5-12H,4H2,1-3H3,(H,23,26,28)/b16-11-. The molecule has 1 saturated heterocycles. The second kappa shape index (κ2) is 7.98. The Morgan fingerprint density at radius 2 is 1.75 bits per heavy atom. The molecule has 0 radical (unpaired) electrons. The van der Waals surface area contributed by atoms with Crippen LogP contribution in [0.15, 0.2) is 52.5 Å². The number of aryl methyl sites for hydroxylation is 1. The van der Waals surface area contributed by atoms with Crippen LogP contribution in [0.3, 0.4) is 0 Å². The van der Waals surface area contributed by atoms with Crippen LogP contribution < -0.4 is 15.1 Å². The number of imide groups is 2. The fraction of sp³-hybridized carbons (Fsp3) is 0.190. The molecule has 7 heteroatoms. The quantitative estimate of drug-likeness (QED) is 0.579. The van der Waals surface area contributed by atoms with Gasteiger partial charge in [-0.3, -0.25) is 14.9 Å². The highest BCUT2D eigenvalue weighted by Gasteiger charge is 2.36. The van der Waals surface area contributed by atoms with Crippen LogP contribution in [0.25, 0.3) is 6.08 Å². The van der Waals surface area contributed by atoms with Crippen LogP contribution in [0.5, 0.6) is 0 Å². The van der Waals surface area contributed by atoms with Crippen molar-refractivity contribution in [3.05, 3.63) is 63.6 Å². The van der Waals surface area contributed by atoms with Crippen LogP contribution in [0.1, 0.15) is 18.1 Å². The van der Waals surface area contributed by atoms with Crippen molar-refractivity contribution >= 4 is 51.2 Å². The van der Waals surface area contributed by atoms with E-state index in [2.05, 4.69) is 21.2 Å². The molecule has 1 heterocycles. The number of amides is 4. The summed E-state index contributed by atoms with van der Waals surface area (Å²) in [5.41, 5.74) is 3.05. The average Bonchev–Trinajstić information content (AvgIpc) is 2.65. The first-order valence-electron chi connectivity index (χ1n) is 8.79. The molecule has 0 saturated carbocycles. The summed E-state index contributed by atoms with van der Waals surface area (Å²) in [6.07, 6.45) is 2.34. The Kier molecular flexibility index (Phi) is 5.65. The number of rotatable bonds is 4. The van der Waals surface area contributed by atoms with Crippen LogP contribution in [-0.4, -0.2) is 31.9 Å². The molecule has 2 aromatic carbocycles. The third-order valence-corrected chi connectivity index (χ3v) is 5.10. The fourth-order valence-corrected chi connectivity index (χ4v) is 3.67. The molecule has 144 valence electrons. The molecule has 1 fully saturated rings. The van der Waals surface area contributed by atoms with E-state index in [9.17, 15) is 14.4 Å². The number of carbonyl (C=O) groups excluding carboxylic acids is 3. The summed E-state index contributed by atoms with van der Waals surface area (Å²) in [4.78, 5) is 40.4. The van der Waals surface area contributed by atoms with Gasteiger partial charge >= 0.3 is 6.03 Å². The predicted octanol–water partition coefficient (Wildman–Crippen LogP) is 3.74. The molecule has 4 amide bonds. The Labute approximate surface area is 171 Å². The molecule has 0 unspecified atom stereocenters. The van der Waals surface area contributed by atoms with E-state index in [4.69, 9.17) is 0 Å². The van der Waals surface area contributed by atoms with Gasteiger partial charge < -0.3 is 4.90 Å². The van der Waals surface area contributed by atoms with Crippen molar-refractivity contribution in [1.82, 2.24) is 5.32 Å². The van der Waals surface area contributed by atoms with E-state index < -0.39 is 17.8 Å². The van der Waals surface area contributed by atoms with E-state index in [1.807, 2.05) is 56.3 Å². The molecular formula is C21H20BrN3O3. The van der Waals surface area contributed by atoms with Gasteiger partial charge in [-0.2, -0.15) is 0 Å². The number of hydrogen-bond donors (Lipinski definition) is 1. The highest BCUT2D eigenvalue weighted by atomic mass is 79.9. The van der Waals surface area contributed by atoms with Crippen LogP contribution in [-0.2, 0) is 16.0 Å². The molecule has 3 rings (SSSR count). The van der Waals surface area contributed by atoms with E-state index in [0.29, 0.717) is 11.3 Å². The van der Waals surface area contributed by atoms with E-state index in [1.54, 1.807) is 12.1 Å². The zero-order valence-electron chi connectivity index (χ0n) is 15.8. The molecule has 0 aromatic heterocycles. The summed E-state index contributed by atoms with van der Waals surface area (Å²) in [6, 6.07) is 11.9. The van der Waals surface area contributed by atoms with Crippen molar-refractivity contribution < 1.29 is 14.4 Å². The number of anilines is 2. The molecule has 0 aliphatic carbocycles. The zero-order valence-corrected chi connectivity index (χ0v) is 17.4. The molecule has 0 atom stereocenters. The van der Waals surface area contributed by atoms with Gasteiger partial charge in [0, 0.05) is 18.6 Å². The van der Waals surface area contributed by atoms with Crippen molar-refractivity contribution in [2.75, 3.05) is 23.9 Å². The molecule has 6 nitrogen and oxygen atoms in total. The Hall–Kier alpha value is -2.93. The van der Waals surface area contributed by atoms with Gasteiger partial charge in [-0.1, -0.05) is 25.1 Å². The molecule has 1 aliphatic heterocycles. The second-order valence-corrected chi connectivity index (χ2v) is 7.44. The van der Waals surface area contributed by atoms with E-state index in [1.165, 1.54) is 6.08 Å².